The SMILES string of the molecule is CN(C)CCC(=O)N1CCC(N2CCCC(C(=O)NCc3ccccn3)C2)CC1. The van der Waals surface area contributed by atoms with Crippen molar-refractivity contribution in [3.8, 4) is 0 Å². The minimum absolute atomic E-state index is 0.0483. The van der Waals surface area contributed by atoms with Gasteiger partial charge in [-0.3, -0.25) is 19.5 Å². The lowest BCUT2D eigenvalue weighted by atomic mass is 9.93. The van der Waals surface area contributed by atoms with Gasteiger partial charge >= 0.3 is 0 Å². The molecule has 0 spiro atoms. The van der Waals surface area contributed by atoms with Gasteiger partial charge in [0.15, 0.2) is 0 Å². The number of nitrogens with zero attached hydrogens (tertiary/aromatic N) is 4. The predicted octanol–water partition coefficient (Wildman–Crippen LogP) is 1.35. The summed E-state index contributed by atoms with van der Waals surface area (Å²) in [6.07, 6.45) is 6.38. The van der Waals surface area contributed by atoms with Gasteiger partial charge in [-0.15, -0.1) is 0 Å². The highest BCUT2D eigenvalue weighted by Crippen LogP contribution is 2.24. The Morgan fingerprint density at radius 1 is 1.17 bits per heavy atom. The number of hydrogen-bond donors (Lipinski definition) is 1. The number of carbonyl (C=O) groups excluding carboxylic acids is 2. The summed E-state index contributed by atoms with van der Waals surface area (Å²) >= 11 is 0. The second-order valence-electron chi connectivity index (χ2n) is 8.54. The van der Waals surface area contributed by atoms with Gasteiger partial charge in [0.1, 0.15) is 0 Å². The summed E-state index contributed by atoms with van der Waals surface area (Å²) in [4.78, 5) is 35.8. The largest absolute Gasteiger partial charge is 0.350 e. The number of rotatable bonds is 7. The van der Waals surface area contributed by atoms with Crippen LogP contribution >= 0.6 is 0 Å². The van der Waals surface area contributed by atoms with Crippen molar-refractivity contribution in [1.29, 1.82) is 0 Å². The molecule has 1 atom stereocenters. The molecule has 0 bridgehead atoms. The number of aromatic nitrogens is 1. The van der Waals surface area contributed by atoms with Crippen molar-refractivity contribution in [2.45, 2.75) is 44.7 Å². The van der Waals surface area contributed by atoms with Gasteiger partial charge in [0.05, 0.1) is 18.2 Å². The minimum Gasteiger partial charge on any atom is -0.350 e. The van der Waals surface area contributed by atoms with Gasteiger partial charge < -0.3 is 15.1 Å². The van der Waals surface area contributed by atoms with Crippen LogP contribution in [0.4, 0.5) is 0 Å². The Bertz CT molecular complexity index is 658. The molecule has 3 rings (SSSR count). The van der Waals surface area contributed by atoms with Crippen molar-refractivity contribution < 1.29 is 9.59 Å². The Labute approximate surface area is 174 Å². The van der Waals surface area contributed by atoms with Gasteiger partial charge in [-0.25, -0.2) is 0 Å². The molecule has 29 heavy (non-hydrogen) atoms. The van der Waals surface area contributed by atoms with E-state index < -0.39 is 0 Å². The van der Waals surface area contributed by atoms with Crippen LogP contribution in [0.25, 0.3) is 0 Å². The maximum absolute atomic E-state index is 12.6. The molecule has 1 aromatic rings. The number of likely N-dealkylation sites (tertiary alicyclic amines) is 2. The summed E-state index contributed by atoms with van der Waals surface area (Å²) in [5, 5.41) is 3.05. The lowest BCUT2D eigenvalue weighted by Crippen LogP contribution is -2.51. The number of carbonyl (C=O) groups is 2. The lowest BCUT2D eigenvalue weighted by Gasteiger charge is -2.42. The summed E-state index contributed by atoms with van der Waals surface area (Å²) in [6, 6.07) is 6.24. The van der Waals surface area contributed by atoms with Crippen molar-refractivity contribution in [2.75, 3.05) is 46.8 Å². The Balaban J connectivity index is 1.42. The quantitative estimate of drug-likeness (QED) is 0.747. The van der Waals surface area contributed by atoms with Crippen molar-refractivity contribution in [2.24, 2.45) is 5.92 Å². The zero-order valence-electron chi connectivity index (χ0n) is 17.8. The topological polar surface area (TPSA) is 68.8 Å². The molecule has 160 valence electrons. The first kappa shape index (κ1) is 21.7. The van der Waals surface area contributed by atoms with Crippen molar-refractivity contribution >= 4 is 11.8 Å². The summed E-state index contributed by atoms with van der Waals surface area (Å²) in [5.41, 5.74) is 0.889. The predicted molar refractivity (Wildman–Crippen MR) is 113 cm³/mol. The third kappa shape index (κ3) is 6.51. The molecule has 2 amide bonds. The molecule has 1 aromatic heterocycles. The second kappa shape index (κ2) is 10.7. The maximum Gasteiger partial charge on any atom is 0.224 e. The number of amides is 2. The fourth-order valence-electron chi connectivity index (χ4n) is 4.33. The molecule has 1 unspecified atom stereocenters. The van der Waals surface area contributed by atoms with Gasteiger partial charge in [0, 0.05) is 44.8 Å². The van der Waals surface area contributed by atoms with Crippen LogP contribution in [0.3, 0.4) is 0 Å². The first-order valence-corrected chi connectivity index (χ1v) is 10.9. The summed E-state index contributed by atoms with van der Waals surface area (Å²) < 4.78 is 0. The standard InChI is InChI=1S/C22H35N5O2/c1-25(2)13-10-21(28)26-14-8-20(9-15-26)27-12-5-6-18(17-27)22(29)24-16-19-7-3-4-11-23-19/h3-4,7,11,18,20H,5-6,8-10,12-17H2,1-2H3,(H,24,29). The highest BCUT2D eigenvalue weighted by atomic mass is 16.2. The molecule has 1 N–H and O–H groups in total. The van der Waals surface area contributed by atoms with E-state index in [0.717, 1.165) is 64.1 Å². The third-order valence-corrected chi connectivity index (χ3v) is 6.10. The van der Waals surface area contributed by atoms with E-state index in [0.29, 0.717) is 19.0 Å². The Morgan fingerprint density at radius 2 is 1.97 bits per heavy atom. The zero-order valence-corrected chi connectivity index (χ0v) is 17.8. The first-order chi connectivity index (χ1) is 14.0. The van der Waals surface area contributed by atoms with Gasteiger partial charge in [0.2, 0.25) is 11.8 Å². The van der Waals surface area contributed by atoms with E-state index in [2.05, 4.69) is 20.1 Å². The minimum atomic E-state index is 0.0483. The van der Waals surface area contributed by atoms with Crippen LogP contribution in [0.15, 0.2) is 24.4 Å². The maximum atomic E-state index is 12.6. The summed E-state index contributed by atoms with van der Waals surface area (Å²) in [6.45, 7) is 4.86. The van der Waals surface area contributed by atoms with Gasteiger partial charge in [-0.05, 0) is 58.5 Å². The van der Waals surface area contributed by atoms with E-state index in [-0.39, 0.29) is 17.7 Å². The molecule has 0 radical (unpaired) electrons. The zero-order chi connectivity index (χ0) is 20.6. The monoisotopic (exact) mass is 401 g/mol. The molecule has 0 saturated carbocycles. The Morgan fingerprint density at radius 3 is 2.66 bits per heavy atom. The van der Waals surface area contributed by atoms with Crippen LogP contribution in [-0.4, -0.2) is 84.4 Å². The number of hydrogen-bond acceptors (Lipinski definition) is 5. The number of nitrogens with one attached hydrogen (secondary N) is 1. The fraction of sp³-hybridized carbons (Fsp3) is 0.682. The van der Waals surface area contributed by atoms with Gasteiger partial charge in [0.25, 0.3) is 0 Å². The van der Waals surface area contributed by atoms with E-state index in [4.69, 9.17) is 0 Å². The molecule has 2 fully saturated rings. The van der Waals surface area contributed by atoms with E-state index in [1.807, 2.05) is 37.2 Å². The molecule has 0 aromatic carbocycles. The molecule has 7 heteroatoms. The molecule has 2 saturated heterocycles. The highest BCUT2D eigenvalue weighted by molar-refractivity contribution is 5.79. The molecule has 2 aliphatic rings. The highest BCUT2D eigenvalue weighted by Gasteiger charge is 2.32. The van der Waals surface area contributed by atoms with Crippen LogP contribution in [-0.2, 0) is 16.1 Å². The van der Waals surface area contributed by atoms with Crippen molar-refractivity contribution in [3.63, 3.8) is 0 Å². The third-order valence-electron chi connectivity index (χ3n) is 6.10. The van der Waals surface area contributed by atoms with Crippen LogP contribution in [0.2, 0.25) is 0 Å². The average Bonchev–Trinajstić information content (AvgIpc) is 2.76. The fourth-order valence-corrected chi connectivity index (χ4v) is 4.33. The molecule has 3 heterocycles. The van der Waals surface area contributed by atoms with Crippen LogP contribution in [0.5, 0.6) is 0 Å². The molecule has 7 nitrogen and oxygen atoms in total. The first-order valence-electron chi connectivity index (χ1n) is 10.9. The van der Waals surface area contributed by atoms with Gasteiger partial charge in [-0.1, -0.05) is 6.07 Å². The normalized spacial score (nSPS) is 21.3. The van der Waals surface area contributed by atoms with E-state index in [1.165, 1.54) is 0 Å². The van der Waals surface area contributed by atoms with E-state index >= 15 is 0 Å². The molecule has 2 aliphatic heterocycles. The van der Waals surface area contributed by atoms with Crippen molar-refractivity contribution in [3.05, 3.63) is 30.1 Å². The van der Waals surface area contributed by atoms with Gasteiger partial charge in [-0.2, -0.15) is 0 Å². The number of pyridine rings is 1. The van der Waals surface area contributed by atoms with Crippen molar-refractivity contribution in [1.82, 2.24) is 25.0 Å². The smallest absolute Gasteiger partial charge is 0.224 e. The van der Waals surface area contributed by atoms with Crippen LogP contribution < -0.4 is 5.32 Å². The van der Waals surface area contributed by atoms with E-state index in [9.17, 15) is 9.59 Å². The molecular formula is C22H35N5O2. The number of piperidine rings is 2. The summed E-state index contributed by atoms with van der Waals surface area (Å²) in [5.74, 6) is 0.450. The Hall–Kier alpha value is -1.99. The summed E-state index contributed by atoms with van der Waals surface area (Å²) in [7, 11) is 4.00. The molecule has 0 aliphatic carbocycles. The average molecular weight is 402 g/mol. The lowest BCUT2D eigenvalue weighted by molar-refractivity contribution is -0.133. The van der Waals surface area contributed by atoms with Crippen LogP contribution in [0, 0.1) is 5.92 Å². The Kier molecular flexibility index (Phi) is 8.00. The molecular weight excluding hydrogens is 366 g/mol. The van der Waals surface area contributed by atoms with Crippen LogP contribution in [0.1, 0.15) is 37.8 Å². The van der Waals surface area contributed by atoms with E-state index in [1.54, 1.807) is 6.20 Å². The second-order valence-corrected chi connectivity index (χ2v) is 8.54.